The summed E-state index contributed by atoms with van der Waals surface area (Å²) in [6, 6.07) is 0. The molecule has 26 heavy (non-hydrogen) atoms. The summed E-state index contributed by atoms with van der Waals surface area (Å²) >= 11 is 0. The van der Waals surface area contributed by atoms with Crippen molar-refractivity contribution in [1.29, 1.82) is 0 Å². The lowest BCUT2D eigenvalue weighted by Gasteiger charge is -2.13. The van der Waals surface area contributed by atoms with Crippen molar-refractivity contribution in [1.82, 2.24) is 19.1 Å². The molecule has 10 nitrogen and oxygen atoms in total. The van der Waals surface area contributed by atoms with Gasteiger partial charge in [-0.3, -0.25) is 23.7 Å². The van der Waals surface area contributed by atoms with Gasteiger partial charge in [-0.25, -0.2) is 14.6 Å². The molecule has 2 aromatic heterocycles. The van der Waals surface area contributed by atoms with Crippen molar-refractivity contribution in [3.05, 3.63) is 50.2 Å². The largest absolute Gasteiger partial charge is 0.453 e. The molecule has 2 aromatic rings. The standard InChI is InChI=1S/C16H19N5O5/c1-4-5-21-13(17)12(14(23)20(3)16(21)25)11(22)8-26-15(24)10-7-18-9(2)6-19-10/h6-7H,4-5,8,17H2,1-3H3. The molecular weight excluding hydrogens is 342 g/mol. The van der Waals surface area contributed by atoms with E-state index in [-0.39, 0.29) is 23.6 Å². The van der Waals surface area contributed by atoms with Gasteiger partial charge in [0.25, 0.3) is 5.56 Å². The Hall–Kier alpha value is -3.30. The maximum Gasteiger partial charge on any atom is 0.358 e. The van der Waals surface area contributed by atoms with Crippen molar-refractivity contribution in [2.75, 3.05) is 12.3 Å². The zero-order valence-corrected chi connectivity index (χ0v) is 14.7. The Labute approximate surface area is 148 Å². The van der Waals surface area contributed by atoms with E-state index in [1.807, 2.05) is 6.92 Å². The predicted octanol–water partition coefficient (Wildman–Crippen LogP) is -0.323. The molecule has 0 unspecified atom stereocenters. The molecule has 0 atom stereocenters. The Kier molecular flexibility index (Phi) is 5.65. The minimum atomic E-state index is -0.858. The van der Waals surface area contributed by atoms with E-state index in [1.54, 1.807) is 6.92 Å². The molecule has 2 N–H and O–H groups in total. The van der Waals surface area contributed by atoms with Gasteiger partial charge in [-0.15, -0.1) is 0 Å². The third-order valence-corrected chi connectivity index (χ3v) is 3.63. The summed E-state index contributed by atoms with van der Waals surface area (Å²) in [5.74, 6) is -1.90. The Morgan fingerprint density at radius 1 is 1.23 bits per heavy atom. The summed E-state index contributed by atoms with van der Waals surface area (Å²) < 4.78 is 6.82. The molecule has 0 saturated heterocycles. The Morgan fingerprint density at radius 3 is 2.50 bits per heavy atom. The van der Waals surface area contributed by atoms with Crippen LogP contribution in [0.25, 0.3) is 0 Å². The molecule has 0 bridgehead atoms. The van der Waals surface area contributed by atoms with Gasteiger partial charge in [0, 0.05) is 19.8 Å². The number of hydrogen-bond acceptors (Lipinski definition) is 8. The molecule has 0 saturated carbocycles. The fourth-order valence-electron chi connectivity index (χ4n) is 2.26. The van der Waals surface area contributed by atoms with Gasteiger partial charge < -0.3 is 10.5 Å². The monoisotopic (exact) mass is 361 g/mol. The molecule has 0 radical (unpaired) electrons. The van der Waals surface area contributed by atoms with Gasteiger partial charge in [0.2, 0.25) is 5.78 Å². The minimum Gasteiger partial charge on any atom is -0.453 e. The minimum absolute atomic E-state index is 0.0692. The Bertz CT molecular complexity index is 959. The number of rotatable bonds is 6. The molecule has 0 aliphatic rings. The van der Waals surface area contributed by atoms with Crippen LogP contribution in [0.3, 0.4) is 0 Å². The summed E-state index contributed by atoms with van der Waals surface area (Å²) in [5, 5.41) is 0. The van der Waals surface area contributed by atoms with Crippen LogP contribution in [0, 0.1) is 6.92 Å². The Balaban J connectivity index is 2.27. The molecular formula is C16H19N5O5. The van der Waals surface area contributed by atoms with Crippen molar-refractivity contribution >= 4 is 17.6 Å². The van der Waals surface area contributed by atoms with E-state index in [0.717, 1.165) is 9.13 Å². The average molecular weight is 361 g/mol. The van der Waals surface area contributed by atoms with Crippen LogP contribution in [0.2, 0.25) is 0 Å². The lowest BCUT2D eigenvalue weighted by Crippen LogP contribution is -2.43. The first kappa shape index (κ1) is 19.0. The fourth-order valence-corrected chi connectivity index (χ4v) is 2.26. The van der Waals surface area contributed by atoms with Gasteiger partial charge >= 0.3 is 11.7 Å². The summed E-state index contributed by atoms with van der Waals surface area (Å²) in [4.78, 5) is 56.4. The van der Waals surface area contributed by atoms with Gasteiger partial charge in [-0.2, -0.15) is 0 Å². The smallest absolute Gasteiger partial charge is 0.358 e. The number of carbonyl (C=O) groups is 2. The first-order valence-electron chi connectivity index (χ1n) is 7.86. The Morgan fingerprint density at radius 2 is 1.92 bits per heavy atom. The van der Waals surface area contributed by atoms with Gasteiger partial charge in [-0.1, -0.05) is 6.92 Å². The summed E-state index contributed by atoms with van der Waals surface area (Å²) in [6.07, 6.45) is 3.18. The maximum absolute atomic E-state index is 12.4. The highest BCUT2D eigenvalue weighted by Crippen LogP contribution is 2.07. The number of ketones is 1. The highest BCUT2D eigenvalue weighted by Gasteiger charge is 2.22. The van der Waals surface area contributed by atoms with E-state index in [2.05, 4.69) is 9.97 Å². The van der Waals surface area contributed by atoms with Gasteiger partial charge in [0.1, 0.15) is 11.4 Å². The quantitative estimate of drug-likeness (QED) is 0.545. The van der Waals surface area contributed by atoms with Crippen molar-refractivity contribution in [2.24, 2.45) is 7.05 Å². The van der Waals surface area contributed by atoms with E-state index in [9.17, 15) is 19.2 Å². The van der Waals surface area contributed by atoms with Crippen LogP contribution < -0.4 is 17.0 Å². The zero-order valence-electron chi connectivity index (χ0n) is 14.7. The second-order valence-corrected chi connectivity index (χ2v) is 5.60. The molecule has 0 aliphatic carbocycles. The third-order valence-electron chi connectivity index (χ3n) is 3.63. The number of ether oxygens (including phenoxy) is 1. The average Bonchev–Trinajstić information content (AvgIpc) is 2.62. The van der Waals surface area contributed by atoms with Crippen LogP contribution in [-0.4, -0.2) is 37.5 Å². The second-order valence-electron chi connectivity index (χ2n) is 5.60. The number of carbonyl (C=O) groups excluding carboxylic acids is 2. The van der Waals surface area contributed by atoms with Gasteiger partial charge in [0.15, 0.2) is 12.3 Å². The SMILES string of the molecule is CCCn1c(N)c(C(=O)COC(=O)c2cnc(C)cn2)c(=O)n(C)c1=O. The first-order chi connectivity index (χ1) is 12.3. The van der Waals surface area contributed by atoms with Crippen LogP contribution in [0.4, 0.5) is 5.82 Å². The van der Waals surface area contributed by atoms with Crippen LogP contribution >= 0.6 is 0 Å². The van der Waals surface area contributed by atoms with Crippen LogP contribution in [-0.2, 0) is 18.3 Å². The van der Waals surface area contributed by atoms with Crippen molar-refractivity contribution in [2.45, 2.75) is 26.8 Å². The number of anilines is 1. The van der Waals surface area contributed by atoms with Crippen molar-refractivity contribution < 1.29 is 14.3 Å². The predicted molar refractivity (Wildman–Crippen MR) is 92.0 cm³/mol. The molecule has 138 valence electrons. The van der Waals surface area contributed by atoms with Crippen molar-refractivity contribution in [3.63, 3.8) is 0 Å². The molecule has 10 heteroatoms. The number of nitrogens with two attached hydrogens (primary N) is 1. The molecule has 2 rings (SSSR count). The number of aryl methyl sites for hydroxylation is 1. The summed E-state index contributed by atoms with van der Waals surface area (Å²) in [7, 11) is 1.25. The zero-order chi connectivity index (χ0) is 19.4. The van der Waals surface area contributed by atoms with E-state index in [4.69, 9.17) is 10.5 Å². The van der Waals surface area contributed by atoms with Gasteiger partial charge in [0.05, 0.1) is 11.9 Å². The highest BCUT2D eigenvalue weighted by atomic mass is 16.5. The highest BCUT2D eigenvalue weighted by molar-refractivity contribution is 6.02. The lowest BCUT2D eigenvalue weighted by atomic mass is 10.2. The molecule has 0 spiro atoms. The lowest BCUT2D eigenvalue weighted by molar-refractivity contribution is 0.0468. The van der Waals surface area contributed by atoms with Crippen LogP contribution in [0.1, 0.15) is 39.9 Å². The van der Waals surface area contributed by atoms with Crippen LogP contribution in [0.5, 0.6) is 0 Å². The number of hydrogen-bond donors (Lipinski definition) is 1. The fraction of sp³-hybridized carbons (Fsp3) is 0.375. The maximum atomic E-state index is 12.4. The summed E-state index contributed by atoms with van der Waals surface area (Å²) in [5.41, 5.74) is 4.55. The summed E-state index contributed by atoms with van der Waals surface area (Å²) in [6.45, 7) is 3.06. The third kappa shape index (κ3) is 3.68. The second kappa shape index (κ2) is 7.72. The number of nitrogen functional groups attached to an aromatic ring is 1. The topological polar surface area (TPSA) is 139 Å². The van der Waals surface area contributed by atoms with E-state index >= 15 is 0 Å². The first-order valence-corrected chi connectivity index (χ1v) is 7.86. The molecule has 0 aliphatic heterocycles. The molecule has 0 fully saturated rings. The van der Waals surface area contributed by atoms with E-state index in [0.29, 0.717) is 12.1 Å². The number of aromatic nitrogens is 4. The molecule has 0 amide bonds. The normalized spacial score (nSPS) is 10.6. The van der Waals surface area contributed by atoms with Gasteiger partial charge in [-0.05, 0) is 13.3 Å². The number of esters is 1. The number of nitrogens with zero attached hydrogens (tertiary/aromatic N) is 4. The molecule has 2 heterocycles. The molecule has 0 aromatic carbocycles. The van der Waals surface area contributed by atoms with Crippen LogP contribution in [0.15, 0.2) is 22.0 Å². The number of Topliss-reactive ketones (excluding diaryl/α,β-unsaturated/α-hetero) is 1. The van der Waals surface area contributed by atoms with E-state index in [1.165, 1.54) is 19.4 Å². The van der Waals surface area contributed by atoms with E-state index < -0.39 is 29.6 Å². The van der Waals surface area contributed by atoms with Crippen molar-refractivity contribution in [3.8, 4) is 0 Å².